The standard InChI is InChI=1S/C59H68N5O13P/c1-35-19-22-60-49(27-35)50-30-42(20-23-61-50)15-8-11-21-62-51(65)18-14-26-73-78(70,71-24-12-9-16-52(66)63-33-47-40(6)74-58-38(4)56-43(31-45(47)58)36(2)28-54(68)76-56)72-25-13-10-17-53(67)64-34-48-41(7)75-59-39(5)57-44(32-46(48)59)37(3)29-55(69)77-57/h19-20,22-23,27-32H,8-18,21,24-26,33-34H2,1-7H3,(H,62,65)(H,63,66)(H,64,67). The number of benzene rings is 2. The molecular weight excluding hydrogens is 1020 g/mol. The van der Waals surface area contributed by atoms with Crippen molar-refractivity contribution in [2.24, 2.45) is 0 Å². The molecule has 0 aliphatic carbocycles. The van der Waals surface area contributed by atoms with Crippen molar-refractivity contribution < 1.29 is 50.2 Å². The van der Waals surface area contributed by atoms with E-state index >= 15 is 0 Å². The number of hydrogen-bond donors (Lipinski definition) is 3. The predicted octanol–water partition coefficient (Wildman–Crippen LogP) is 11.4. The summed E-state index contributed by atoms with van der Waals surface area (Å²) in [6.45, 7) is 13.9. The van der Waals surface area contributed by atoms with Gasteiger partial charge in [-0.25, -0.2) is 14.2 Å². The summed E-state index contributed by atoms with van der Waals surface area (Å²) in [7, 11) is -4.11. The first-order chi connectivity index (χ1) is 37.5. The number of aryl methyl sites for hydroxylation is 8. The first-order valence-electron chi connectivity index (χ1n) is 26.6. The van der Waals surface area contributed by atoms with Crippen molar-refractivity contribution in [3.05, 3.63) is 138 Å². The zero-order valence-corrected chi connectivity index (χ0v) is 46.3. The molecule has 78 heavy (non-hydrogen) atoms. The van der Waals surface area contributed by atoms with Gasteiger partial charge in [0.15, 0.2) is 0 Å². The maximum absolute atomic E-state index is 14.0. The summed E-state index contributed by atoms with van der Waals surface area (Å²) < 4.78 is 54.3. The van der Waals surface area contributed by atoms with E-state index in [-0.39, 0.29) is 76.3 Å². The SMILES string of the molecule is Cc1ccnc(-c2cc(CCCCNC(=O)CCCOP(=O)(OCCCCC(=O)NCc3c(C)oc4c(C)c5oc(=O)cc(C)c5cc34)OCCCCC(=O)NCc3c(C)oc4c(C)c5oc(=O)cc(C)c5cc34)ccn2)c1. The van der Waals surface area contributed by atoms with Crippen molar-refractivity contribution in [2.75, 3.05) is 26.4 Å². The number of carbonyl (C=O) groups is 3. The van der Waals surface area contributed by atoms with Gasteiger partial charge in [0, 0.05) is 107 Å². The lowest BCUT2D eigenvalue weighted by atomic mass is 10.0. The van der Waals surface area contributed by atoms with Gasteiger partial charge in [-0.3, -0.25) is 37.9 Å². The number of carbonyl (C=O) groups excluding carboxylic acids is 3. The van der Waals surface area contributed by atoms with E-state index in [4.69, 9.17) is 31.2 Å². The van der Waals surface area contributed by atoms with Crippen molar-refractivity contribution in [3.8, 4) is 11.4 Å². The number of phosphoric acid groups is 1. The Bertz CT molecular complexity index is 3490. The second-order valence-electron chi connectivity index (χ2n) is 19.9. The number of phosphoric ester groups is 1. The van der Waals surface area contributed by atoms with E-state index < -0.39 is 19.1 Å². The first kappa shape index (κ1) is 56.9. The van der Waals surface area contributed by atoms with Gasteiger partial charge >= 0.3 is 19.1 Å². The minimum Gasteiger partial charge on any atom is -0.461 e. The summed E-state index contributed by atoms with van der Waals surface area (Å²) in [5, 5.41) is 12.2. The van der Waals surface area contributed by atoms with E-state index in [0.29, 0.717) is 77.2 Å². The minimum atomic E-state index is -4.11. The zero-order valence-electron chi connectivity index (χ0n) is 45.4. The third-order valence-electron chi connectivity index (χ3n) is 13.9. The van der Waals surface area contributed by atoms with Crippen molar-refractivity contribution in [3.63, 3.8) is 0 Å². The lowest BCUT2D eigenvalue weighted by Gasteiger charge is -2.18. The Labute approximate surface area is 451 Å². The van der Waals surface area contributed by atoms with Crippen LogP contribution in [0, 0.1) is 48.5 Å². The van der Waals surface area contributed by atoms with Gasteiger partial charge in [0.25, 0.3) is 0 Å². The normalized spacial score (nSPS) is 11.8. The molecule has 0 aliphatic rings. The summed E-state index contributed by atoms with van der Waals surface area (Å²) in [5.74, 6) is 0.749. The molecule has 8 rings (SSSR count). The van der Waals surface area contributed by atoms with Crippen LogP contribution in [0.2, 0.25) is 0 Å². The van der Waals surface area contributed by atoms with Gasteiger partial charge in [-0.05, 0) is 158 Å². The van der Waals surface area contributed by atoms with Crippen LogP contribution in [-0.4, -0.2) is 54.1 Å². The van der Waals surface area contributed by atoms with Crippen molar-refractivity contribution >= 4 is 69.4 Å². The van der Waals surface area contributed by atoms with Crippen LogP contribution in [0.5, 0.6) is 0 Å². The number of amides is 3. The zero-order chi connectivity index (χ0) is 55.5. The quantitative estimate of drug-likeness (QED) is 0.0246. The fourth-order valence-corrected chi connectivity index (χ4v) is 10.8. The molecule has 19 heteroatoms. The number of hydrogen-bond acceptors (Lipinski definition) is 15. The third kappa shape index (κ3) is 14.3. The number of pyridine rings is 2. The largest absolute Gasteiger partial charge is 0.474 e. The summed E-state index contributed by atoms with van der Waals surface area (Å²) >= 11 is 0. The summed E-state index contributed by atoms with van der Waals surface area (Å²) in [5.41, 5.74) is 9.82. The molecule has 0 radical (unpaired) electrons. The highest BCUT2D eigenvalue weighted by Crippen LogP contribution is 2.50. The number of unbranched alkanes of at least 4 members (excludes halogenated alkanes) is 3. The van der Waals surface area contributed by atoms with Gasteiger partial charge in [-0.1, -0.05) is 0 Å². The van der Waals surface area contributed by atoms with Crippen molar-refractivity contribution in [2.45, 2.75) is 132 Å². The molecule has 0 unspecified atom stereocenters. The molecule has 0 saturated heterocycles. The molecule has 0 fully saturated rings. The lowest BCUT2D eigenvalue weighted by molar-refractivity contribution is -0.122. The highest BCUT2D eigenvalue weighted by atomic mass is 31.2. The number of aromatic nitrogens is 2. The highest BCUT2D eigenvalue weighted by molar-refractivity contribution is 7.48. The van der Waals surface area contributed by atoms with Crippen LogP contribution in [0.1, 0.15) is 120 Å². The molecule has 6 aromatic heterocycles. The maximum atomic E-state index is 14.0. The molecule has 6 heterocycles. The second-order valence-corrected chi connectivity index (χ2v) is 21.5. The van der Waals surface area contributed by atoms with Gasteiger partial charge in [-0.15, -0.1) is 0 Å². The number of nitrogens with one attached hydrogen (secondary N) is 3. The average molecular weight is 1090 g/mol. The van der Waals surface area contributed by atoms with Gasteiger partial charge in [0.05, 0.1) is 31.2 Å². The van der Waals surface area contributed by atoms with Crippen LogP contribution in [0.25, 0.3) is 55.3 Å². The third-order valence-corrected chi connectivity index (χ3v) is 15.4. The fourth-order valence-electron chi connectivity index (χ4n) is 9.56. The van der Waals surface area contributed by atoms with Crippen molar-refractivity contribution in [1.82, 2.24) is 25.9 Å². The number of rotatable bonds is 27. The van der Waals surface area contributed by atoms with Gasteiger partial charge in [0.2, 0.25) is 17.7 Å². The Kier molecular flexibility index (Phi) is 18.9. The highest BCUT2D eigenvalue weighted by Gasteiger charge is 2.27. The van der Waals surface area contributed by atoms with Crippen LogP contribution >= 0.6 is 7.82 Å². The Morgan fingerprint density at radius 2 is 0.974 bits per heavy atom. The summed E-state index contributed by atoms with van der Waals surface area (Å²) in [4.78, 5) is 71.9. The first-order valence-corrected chi connectivity index (χ1v) is 28.1. The van der Waals surface area contributed by atoms with Gasteiger partial charge in [-0.2, -0.15) is 0 Å². The van der Waals surface area contributed by atoms with Crippen LogP contribution in [0.15, 0.2) is 88.2 Å². The van der Waals surface area contributed by atoms with E-state index in [2.05, 4.69) is 25.9 Å². The molecule has 0 saturated carbocycles. The Morgan fingerprint density at radius 3 is 1.50 bits per heavy atom. The second kappa shape index (κ2) is 25.9. The Hall–Kier alpha value is -7.24. The van der Waals surface area contributed by atoms with E-state index in [9.17, 15) is 28.5 Å². The molecule has 3 amide bonds. The molecule has 412 valence electrons. The molecule has 0 spiro atoms. The Morgan fingerprint density at radius 1 is 0.513 bits per heavy atom. The number of fused-ring (bicyclic) bond motifs is 4. The Balaban J connectivity index is 0.784. The topological polar surface area (TPSA) is 245 Å². The predicted molar refractivity (Wildman–Crippen MR) is 297 cm³/mol. The fraction of sp³-hybridized carbons (Fsp3) is 0.407. The number of nitrogens with zero attached hydrogens (tertiary/aromatic N) is 2. The molecule has 0 bridgehead atoms. The van der Waals surface area contributed by atoms with Crippen LogP contribution in [-0.2, 0) is 52.0 Å². The van der Waals surface area contributed by atoms with Gasteiger partial charge in [0.1, 0.15) is 33.9 Å². The smallest absolute Gasteiger partial charge is 0.461 e. The molecule has 8 aromatic rings. The molecular formula is C59H68N5O13P. The minimum absolute atomic E-state index is 0.0180. The van der Waals surface area contributed by atoms with E-state index in [1.54, 1.807) is 12.4 Å². The van der Waals surface area contributed by atoms with E-state index in [1.807, 2.05) is 84.9 Å². The maximum Gasteiger partial charge on any atom is 0.474 e. The lowest BCUT2D eigenvalue weighted by Crippen LogP contribution is -2.24. The molecule has 3 N–H and O–H groups in total. The van der Waals surface area contributed by atoms with Crippen LogP contribution < -0.4 is 27.2 Å². The molecule has 18 nitrogen and oxygen atoms in total. The van der Waals surface area contributed by atoms with Crippen LogP contribution in [0.4, 0.5) is 0 Å². The molecule has 2 aromatic carbocycles. The molecule has 0 atom stereocenters. The van der Waals surface area contributed by atoms with E-state index in [1.165, 1.54) is 12.1 Å². The number of furan rings is 2. The van der Waals surface area contributed by atoms with Crippen molar-refractivity contribution in [1.29, 1.82) is 0 Å². The average Bonchev–Trinajstić information content (AvgIpc) is 4.01. The monoisotopic (exact) mass is 1090 g/mol. The van der Waals surface area contributed by atoms with Crippen LogP contribution in [0.3, 0.4) is 0 Å². The van der Waals surface area contributed by atoms with E-state index in [0.717, 1.165) is 85.6 Å². The van der Waals surface area contributed by atoms with Gasteiger partial charge < -0.3 is 33.6 Å². The molecule has 0 aliphatic heterocycles. The summed E-state index contributed by atoms with van der Waals surface area (Å²) in [6.07, 6.45) is 8.41. The summed E-state index contributed by atoms with van der Waals surface area (Å²) in [6, 6.07) is 14.7.